The number of alkyl carbamates (subject to hydrolysis) is 1. The van der Waals surface area contributed by atoms with Crippen LogP contribution < -0.4 is 5.32 Å². The molecule has 116 valence electrons. The highest BCUT2D eigenvalue weighted by molar-refractivity contribution is 5.67. The third kappa shape index (κ3) is 8.90. The summed E-state index contributed by atoms with van der Waals surface area (Å²) in [5.41, 5.74) is 2.43. The van der Waals surface area contributed by atoms with Gasteiger partial charge in [0.25, 0.3) is 0 Å². The van der Waals surface area contributed by atoms with Crippen LogP contribution in [0.5, 0.6) is 0 Å². The van der Waals surface area contributed by atoms with E-state index in [0.29, 0.717) is 19.1 Å². The van der Waals surface area contributed by atoms with Gasteiger partial charge in [0.1, 0.15) is 0 Å². The zero-order chi connectivity index (χ0) is 15.5. The van der Waals surface area contributed by atoms with Gasteiger partial charge in [-0.3, -0.25) is 0 Å². The molecule has 1 aromatic rings. The molecule has 1 amide bonds. The highest BCUT2D eigenvalue weighted by Crippen LogP contribution is 2.11. The summed E-state index contributed by atoms with van der Waals surface area (Å²) in [5.74, 6) is 0.572. The number of hydrogen-bond acceptors (Lipinski definition) is 2. The molecular formula is C18H27NO2. The lowest BCUT2D eigenvalue weighted by Crippen LogP contribution is -2.24. The molecule has 0 saturated carbocycles. The van der Waals surface area contributed by atoms with Gasteiger partial charge in [-0.15, -0.1) is 0 Å². The second kappa shape index (κ2) is 10.0. The number of amides is 1. The van der Waals surface area contributed by atoms with Crippen molar-refractivity contribution < 1.29 is 9.53 Å². The molecule has 0 fully saturated rings. The van der Waals surface area contributed by atoms with Gasteiger partial charge >= 0.3 is 6.09 Å². The Bertz CT molecular complexity index is 436. The molecule has 0 aliphatic rings. The van der Waals surface area contributed by atoms with Crippen molar-refractivity contribution in [3.8, 4) is 0 Å². The topological polar surface area (TPSA) is 38.3 Å². The van der Waals surface area contributed by atoms with E-state index in [0.717, 1.165) is 24.8 Å². The summed E-state index contributed by atoms with van der Waals surface area (Å²) in [4.78, 5) is 11.6. The van der Waals surface area contributed by atoms with E-state index in [1.807, 2.05) is 30.3 Å². The fourth-order valence-electron chi connectivity index (χ4n) is 1.97. The molecule has 0 aromatic heterocycles. The third-order valence-electron chi connectivity index (χ3n) is 3.34. The Morgan fingerprint density at radius 3 is 2.62 bits per heavy atom. The molecule has 0 saturated heterocycles. The molecule has 1 atom stereocenters. The summed E-state index contributed by atoms with van der Waals surface area (Å²) >= 11 is 0. The predicted molar refractivity (Wildman–Crippen MR) is 87.1 cm³/mol. The van der Waals surface area contributed by atoms with Gasteiger partial charge in [0, 0.05) is 6.54 Å². The summed E-state index contributed by atoms with van der Waals surface area (Å²) < 4.78 is 5.20. The molecule has 1 rings (SSSR count). The normalized spacial score (nSPS) is 11.6. The van der Waals surface area contributed by atoms with Crippen LogP contribution in [-0.4, -0.2) is 12.7 Å². The minimum atomic E-state index is -0.338. The lowest BCUT2D eigenvalue weighted by atomic mass is 10.0. The van der Waals surface area contributed by atoms with Crippen LogP contribution in [0, 0.1) is 5.92 Å². The maximum Gasteiger partial charge on any atom is 0.407 e. The van der Waals surface area contributed by atoms with Crippen LogP contribution >= 0.6 is 0 Å². The number of carbonyl (C=O) groups is 1. The average Bonchev–Trinajstić information content (AvgIpc) is 2.46. The molecule has 1 aromatic carbocycles. The van der Waals surface area contributed by atoms with Gasteiger partial charge in [-0.25, -0.2) is 4.79 Å². The zero-order valence-corrected chi connectivity index (χ0v) is 13.4. The van der Waals surface area contributed by atoms with Crippen molar-refractivity contribution >= 4 is 6.09 Å². The number of rotatable bonds is 8. The summed E-state index contributed by atoms with van der Waals surface area (Å²) in [6.45, 7) is 7.42. The van der Waals surface area contributed by atoms with Crippen LogP contribution in [0.2, 0.25) is 0 Å². The molecule has 1 N–H and O–H groups in total. The largest absolute Gasteiger partial charge is 0.450 e. The van der Waals surface area contributed by atoms with Gasteiger partial charge in [0.2, 0.25) is 0 Å². The molecule has 0 radical (unpaired) electrons. The van der Waals surface area contributed by atoms with Crippen molar-refractivity contribution in [2.24, 2.45) is 5.92 Å². The molecule has 0 aliphatic heterocycles. The molecule has 0 aliphatic carbocycles. The number of carbonyl (C=O) groups excluding carboxylic acids is 1. The summed E-state index contributed by atoms with van der Waals surface area (Å²) in [6, 6.07) is 9.82. The first kappa shape index (κ1) is 17.3. The van der Waals surface area contributed by atoms with Crippen molar-refractivity contribution in [2.45, 2.75) is 46.6 Å². The molecular weight excluding hydrogens is 262 g/mol. The molecule has 21 heavy (non-hydrogen) atoms. The van der Waals surface area contributed by atoms with Gasteiger partial charge in [-0.05, 0) is 44.6 Å². The van der Waals surface area contributed by atoms with Crippen molar-refractivity contribution in [2.75, 3.05) is 6.61 Å². The molecule has 1 unspecified atom stereocenters. The third-order valence-corrected chi connectivity index (χ3v) is 3.34. The minimum Gasteiger partial charge on any atom is -0.450 e. The lowest BCUT2D eigenvalue weighted by molar-refractivity contribution is 0.138. The van der Waals surface area contributed by atoms with Crippen LogP contribution in [-0.2, 0) is 11.3 Å². The summed E-state index contributed by atoms with van der Waals surface area (Å²) in [7, 11) is 0. The predicted octanol–water partition coefficient (Wildman–Crippen LogP) is 4.69. The highest BCUT2D eigenvalue weighted by Gasteiger charge is 2.05. The standard InChI is InChI=1S/C18H27NO2/c1-15(2)8-7-9-16(3)12-13-21-18(20)19-14-17-10-5-4-6-11-17/h4-6,8,10-11,16H,7,9,12-14H2,1-3H3,(H,19,20). The average molecular weight is 289 g/mol. The van der Waals surface area contributed by atoms with Crippen LogP contribution in [0.3, 0.4) is 0 Å². The van der Waals surface area contributed by atoms with E-state index in [4.69, 9.17) is 4.74 Å². The smallest absolute Gasteiger partial charge is 0.407 e. The lowest BCUT2D eigenvalue weighted by Gasteiger charge is -2.11. The van der Waals surface area contributed by atoms with E-state index < -0.39 is 0 Å². The zero-order valence-electron chi connectivity index (χ0n) is 13.4. The Labute approximate surface area is 128 Å². The van der Waals surface area contributed by atoms with E-state index >= 15 is 0 Å². The van der Waals surface area contributed by atoms with Crippen LogP contribution in [0.1, 0.15) is 45.6 Å². The summed E-state index contributed by atoms with van der Waals surface area (Å²) in [5, 5.41) is 2.76. The van der Waals surface area contributed by atoms with Crippen molar-refractivity contribution in [1.29, 1.82) is 0 Å². The first-order chi connectivity index (χ1) is 10.1. The molecule has 0 bridgehead atoms. The van der Waals surface area contributed by atoms with Crippen molar-refractivity contribution in [3.05, 3.63) is 47.5 Å². The quantitative estimate of drug-likeness (QED) is 0.705. The van der Waals surface area contributed by atoms with E-state index in [2.05, 4.69) is 32.2 Å². The number of benzene rings is 1. The number of allylic oxidation sites excluding steroid dienone is 2. The number of ether oxygens (including phenoxy) is 1. The first-order valence-corrected chi connectivity index (χ1v) is 7.66. The van der Waals surface area contributed by atoms with Gasteiger partial charge in [0.05, 0.1) is 6.61 Å². The van der Waals surface area contributed by atoms with Gasteiger partial charge in [-0.2, -0.15) is 0 Å². The second-order valence-corrected chi connectivity index (χ2v) is 5.73. The van der Waals surface area contributed by atoms with Crippen molar-refractivity contribution in [3.63, 3.8) is 0 Å². The molecule has 3 heteroatoms. The Balaban J connectivity index is 2.09. The summed E-state index contributed by atoms with van der Waals surface area (Å²) in [6.07, 6.45) is 5.07. The maximum absolute atomic E-state index is 11.6. The molecule has 0 spiro atoms. The maximum atomic E-state index is 11.6. The van der Waals surface area contributed by atoms with Gasteiger partial charge in [0.15, 0.2) is 0 Å². The van der Waals surface area contributed by atoms with E-state index in [9.17, 15) is 4.79 Å². The van der Waals surface area contributed by atoms with Gasteiger partial charge in [-0.1, -0.05) is 48.9 Å². The monoisotopic (exact) mass is 289 g/mol. The SMILES string of the molecule is CC(C)=CCCC(C)CCOC(=O)NCc1ccccc1. The van der Waals surface area contributed by atoms with E-state index in [-0.39, 0.29) is 6.09 Å². The highest BCUT2D eigenvalue weighted by atomic mass is 16.5. The Morgan fingerprint density at radius 1 is 1.24 bits per heavy atom. The fourth-order valence-corrected chi connectivity index (χ4v) is 1.97. The van der Waals surface area contributed by atoms with Crippen LogP contribution in [0.4, 0.5) is 4.79 Å². The fraction of sp³-hybridized carbons (Fsp3) is 0.500. The Kier molecular flexibility index (Phi) is 8.25. The van der Waals surface area contributed by atoms with Crippen LogP contribution in [0.25, 0.3) is 0 Å². The first-order valence-electron chi connectivity index (χ1n) is 7.66. The molecule has 3 nitrogen and oxygen atoms in total. The van der Waals surface area contributed by atoms with Crippen LogP contribution in [0.15, 0.2) is 42.0 Å². The van der Waals surface area contributed by atoms with Gasteiger partial charge < -0.3 is 10.1 Å². The minimum absolute atomic E-state index is 0.338. The van der Waals surface area contributed by atoms with E-state index in [1.165, 1.54) is 5.57 Å². The Hall–Kier alpha value is -1.77. The van der Waals surface area contributed by atoms with Crippen molar-refractivity contribution in [1.82, 2.24) is 5.32 Å². The molecule has 0 heterocycles. The van der Waals surface area contributed by atoms with E-state index in [1.54, 1.807) is 0 Å². The number of hydrogen-bond donors (Lipinski definition) is 1. The second-order valence-electron chi connectivity index (χ2n) is 5.73. The Morgan fingerprint density at radius 2 is 1.95 bits per heavy atom. The number of nitrogens with one attached hydrogen (secondary N) is 1.